The zero-order valence-electron chi connectivity index (χ0n) is 18.2. The molecule has 0 atom stereocenters. The Morgan fingerprint density at radius 2 is 1.88 bits per heavy atom. The highest BCUT2D eigenvalue weighted by Gasteiger charge is 2.21. The SMILES string of the molecule is CCCn1c(=O)n(CC2CCCCC2)c(=O)c2[nH]c(-c3ccc(C=CC(=O)O)cc3)nc21. The number of carboxylic acids is 1. The molecule has 4 rings (SSSR count). The monoisotopic (exact) mass is 436 g/mol. The second-order valence-corrected chi connectivity index (χ2v) is 8.43. The number of hydrogen-bond donors (Lipinski definition) is 2. The molecule has 1 aromatic carbocycles. The molecule has 8 heteroatoms. The van der Waals surface area contributed by atoms with Crippen LogP contribution in [0.2, 0.25) is 0 Å². The summed E-state index contributed by atoms with van der Waals surface area (Å²) in [5.74, 6) is -0.147. The number of aromatic amines is 1. The summed E-state index contributed by atoms with van der Waals surface area (Å²) in [6.45, 7) is 2.94. The Morgan fingerprint density at radius 1 is 1.16 bits per heavy atom. The maximum Gasteiger partial charge on any atom is 0.332 e. The van der Waals surface area contributed by atoms with E-state index in [1.165, 1.54) is 17.1 Å². The van der Waals surface area contributed by atoms with Gasteiger partial charge in [-0.05, 0) is 36.8 Å². The predicted octanol–water partition coefficient (Wildman–Crippen LogP) is 3.64. The van der Waals surface area contributed by atoms with Crippen molar-refractivity contribution in [1.82, 2.24) is 19.1 Å². The molecule has 0 radical (unpaired) electrons. The van der Waals surface area contributed by atoms with Gasteiger partial charge in [0.2, 0.25) is 0 Å². The third kappa shape index (κ3) is 4.44. The number of carboxylic acid groups (broad SMARTS) is 1. The molecule has 2 heterocycles. The van der Waals surface area contributed by atoms with E-state index in [2.05, 4.69) is 9.97 Å². The van der Waals surface area contributed by atoms with Gasteiger partial charge in [-0.3, -0.25) is 13.9 Å². The predicted molar refractivity (Wildman–Crippen MR) is 124 cm³/mol. The van der Waals surface area contributed by atoms with E-state index in [1.54, 1.807) is 16.7 Å². The van der Waals surface area contributed by atoms with Crippen LogP contribution in [0.25, 0.3) is 28.6 Å². The summed E-state index contributed by atoms with van der Waals surface area (Å²) in [5.41, 5.74) is 1.61. The molecule has 1 aliphatic carbocycles. The number of fused-ring (bicyclic) bond motifs is 1. The van der Waals surface area contributed by atoms with Crippen molar-refractivity contribution >= 4 is 23.2 Å². The van der Waals surface area contributed by atoms with E-state index in [0.717, 1.165) is 49.3 Å². The first kappa shape index (κ1) is 21.8. The van der Waals surface area contributed by atoms with Crippen molar-refractivity contribution in [2.45, 2.75) is 58.5 Å². The number of aromatic nitrogens is 4. The molecule has 8 nitrogen and oxygen atoms in total. The summed E-state index contributed by atoms with van der Waals surface area (Å²) in [6.07, 6.45) is 8.96. The second-order valence-electron chi connectivity index (χ2n) is 8.43. The fourth-order valence-electron chi connectivity index (χ4n) is 4.44. The summed E-state index contributed by atoms with van der Waals surface area (Å²) in [5, 5.41) is 8.77. The van der Waals surface area contributed by atoms with Crippen molar-refractivity contribution in [3.63, 3.8) is 0 Å². The number of carbonyl (C=O) groups is 1. The summed E-state index contributed by atoms with van der Waals surface area (Å²) >= 11 is 0. The van der Waals surface area contributed by atoms with Crippen LogP contribution in [0.5, 0.6) is 0 Å². The van der Waals surface area contributed by atoms with Gasteiger partial charge in [0.1, 0.15) is 11.3 Å². The highest BCUT2D eigenvalue weighted by Crippen LogP contribution is 2.25. The Labute approximate surface area is 185 Å². The number of rotatable bonds is 7. The van der Waals surface area contributed by atoms with Gasteiger partial charge in [-0.25, -0.2) is 14.6 Å². The van der Waals surface area contributed by atoms with E-state index < -0.39 is 5.97 Å². The number of nitrogens with zero attached hydrogens (tertiary/aromatic N) is 3. The molecule has 168 valence electrons. The molecule has 1 aliphatic rings. The first-order valence-electron chi connectivity index (χ1n) is 11.2. The van der Waals surface area contributed by atoms with E-state index in [4.69, 9.17) is 5.11 Å². The topological polar surface area (TPSA) is 110 Å². The molecule has 2 N–H and O–H groups in total. The number of imidazole rings is 1. The lowest BCUT2D eigenvalue weighted by atomic mass is 9.89. The van der Waals surface area contributed by atoms with E-state index in [9.17, 15) is 14.4 Å². The molecule has 0 saturated heterocycles. The van der Waals surface area contributed by atoms with Gasteiger partial charge in [0.15, 0.2) is 5.65 Å². The number of H-pyrrole nitrogens is 1. The summed E-state index contributed by atoms with van der Waals surface area (Å²) in [7, 11) is 0. The van der Waals surface area contributed by atoms with Crippen LogP contribution in [0, 0.1) is 5.92 Å². The van der Waals surface area contributed by atoms with Crippen LogP contribution in [-0.4, -0.2) is 30.2 Å². The van der Waals surface area contributed by atoms with Crippen molar-refractivity contribution in [2.75, 3.05) is 0 Å². The molecule has 3 aromatic rings. The van der Waals surface area contributed by atoms with Crippen LogP contribution in [0.1, 0.15) is 51.0 Å². The molecule has 2 aromatic heterocycles. The molecular weight excluding hydrogens is 408 g/mol. The van der Waals surface area contributed by atoms with Gasteiger partial charge in [-0.15, -0.1) is 0 Å². The van der Waals surface area contributed by atoms with E-state index in [0.29, 0.717) is 36.0 Å². The minimum Gasteiger partial charge on any atom is -0.478 e. The fraction of sp³-hybridized carbons (Fsp3) is 0.417. The number of nitrogens with one attached hydrogen (secondary N) is 1. The summed E-state index contributed by atoms with van der Waals surface area (Å²) in [4.78, 5) is 44.9. The molecule has 1 saturated carbocycles. The third-order valence-corrected chi connectivity index (χ3v) is 6.08. The van der Waals surface area contributed by atoms with Crippen LogP contribution >= 0.6 is 0 Å². The van der Waals surface area contributed by atoms with Crippen LogP contribution in [-0.2, 0) is 17.9 Å². The van der Waals surface area contributed by atoms with Gasteiger partial charge < -0.3 is 10.1 Å². The Morgan fingerprint density at radius 3 is 2.53 bits per heavy atom. The number of benzene rings is 1. The maximum absolute atomic E-state index is 13.2. The zero-order valence-corrected chi connectivity index (χ0v) is 18.2. The lowest BCUT2D eigenvalue weighted by Crippen LogP contribution is -2.41. The Kier molecular flexibility index (Phi) is 6.39. The van der Waals surface area contributed by atoms with E-state index >= 15 is 0 Å². The summed E-state index contributed by atoms with van der Waals surface area (Å²) < 4.78 is 2.99. The largest absolute Gasteiger partial charge is 0.478 e. The first-order chi connectivity index (χ1) is 15.5. The highest BCUT2D eigenvalue weighted by molar-refractivity contribution is 5.85. The van der Waals surface area contributed by atoms with Gasteiger partial charge in [0, 0.05) is 24.7 Å². The first-order valence-corrected chi connectivity index (χ1v) is 11.2. The van der Waals surface area contributed by atoms with Crippen molar-refractivity contribution in [3.8, 4) is 11.4 Å². The van der Waals surface area contributed by atoms with Crippen molar-refractivity contribution in [1.29, 1.82) is 0 Å². The second kappa shape index (κ2) is 9.38. The van der Waals surface area contributed by atoms with Crippen LogP contribution in [0.3, 0.4) is 0 Å². The maximum atomic E-state index is 13.2. The van der Waals surface area contributed by atoms with Gasteiger partial charge >= 0.3 is 11.7 Å². The number of aryl methyl sites for hydroxylation is 1. The minimum absolute atomic E-state index is 0.290. The van der Waals surface area contributed by atoms with Crippen molar-refractivity contribution in [3.05, 3.63) is 56.7 Å². The van der Waals surface area contributed by atoms with Crippen LogP contribution < -0.4 is 11.2 Å². The smallest absolute Gasteiger partial charge is 0.332 e. The molecule has 0 aliphatic heterocycles. The fourth-order valence-corrected chi connectivity index (χ4v) is 4.44. The van der Waals surface area contributed by atoms with E-state index in [1.807, 2.05) is 19.1 Å². The minimum atomic E-state index is -1.01. The van der Waals surface area contributed by atoms with Gasteiger partial charge in [-0.2, -0.15) is 0 Å². The number of aliphatic carboxylic acids is 1. The lowest BCUT2D eigenvalue weighted by molar-refractivity contribution is -0.131. The Balaban J connectivity index is 1.76. The quantitative estimate of drug-likeness (QED) is 0.550. The lowest BCUT2D eigenvalue weighted by Gasteiger charge is -2.22. The Bertz CT molecular complexity index is 1260. The highest BCUT2D eigenvalue weighted by atomic mass is 16.4. The molecule has 0 unspecified atom stereocenters. The molecular formula is C24H28N4O4. The molecule has 0 amide bonds. The standard InChI is InChI=1S/C24H28N4O4/c1-2-14-27-22-20(23(31)28(24(27)32)15-17-6-4-3-5-7-17)25-21(26-22)18-11-8-16(9-12-18)10-13-19(29)30/h8-13,17H,2-7,14-15H2,1H3,(H,25,26)(H,29,30). The summed E-state index contributed by atoms with van der Waals surface area (Å²) in [6, 6.07) is 7.18. The van der Waals surface area contributed by atoms with Crippen molar-refractivity contribution in [2.24, 2.45) is 5.92 Å². The Hall–Kier alpha value is -3.42. The van der Waals surface area contributed by atoms with Gasteiger partial charge in [0.05, 0.1) is 0 Å². The van der Waals surface area contributed by atoms with Gasteiger partial charge in [0.25, 0.3) is 5.56 Å². The van der Waals surface area contributed by atoms with Gasteiger partial charge in [-0.1, -0.05) is 50.5 Å². The average molecular weight is 437 g/mol. The van der Waals surface area contributed by atoms with Crippen molar-refractivity contribution < 1.29 is 9.90 Å². The average Bonchev–Trinajstić information content (AvgIpc) is 3.25. The molecule has 0 spiro atoms. The van der Waals surface area contributed by atoms with Crippen LogP contribution in [0.15, 0.2) is 39.9 Å². The molecule has 1 fully saturated rings. The normalized spacial score (nSPS) is 15.0. The third-order valence-electron chi connectivity index (χ3n) is 6.08. The molecule has 0 bridgehead atoms. The number of hydrogen-bond acceptors (Lipinski definition) is 4. The van der Waals surface area contributed by atoms with E-state index in [-0.39, 0.29) is 11.2 Å². The van der Waals surface area contributed by atoms with Crippen LogP contribution in [0.4, 0.5) is 0 Å². The zero-order chi connectivity index (χ0) is 22.7. The molecule has 32 heavy (non-hydrogen) atoms.